The molecule has 0 bridgehead atoms. The fourth-order valence-corrected chi connectivity index (χ4v) is 2.77. The number of pyridine rings is 1. The molecule has 0 aliphatic rings. The summed E-state index contributed by atoms with van der Waals surface area (Å²) < 4.78 is 22.5. The first-order chi connectivity index (χ1) is 11.2. The van der Waals surface area contributed by atoms with E-state index in [0.717, 1.165) is 17.9 Å². The minimum atomic E-state index is -2.95. The summed E-state index contributed by atoms with van der Waals surface area (Å²) in [6.07, 6.45) is 3.57. The van der Waals surface area contributed by atoms with Gasteiger partial charge in [0.15, 0.2) is 5.96 Å². The van der Waals surface area contributed by atoms with Crippen molar-refractivity contribution in [3.05, 3.63) is 23.9 Å². The van der Waals surface area contributed by atoms with Crippen LogP contribution < -0.4 is 15.5 Å². The number of nitrogens with zero attached hydrogens (tertiary/aromatic N) is 3. The Morgan fingerprint density at radius 2 is 2.12 bits per heavy atom. The molecule has 0 aromatic carbocycles. The Hall–Kier alpha value is -1.83. The van der Waals surface area contributed by atoms with Crippen LogP contribution in [0.1, 0.15) is 25.8 Å². The predicted molar refractivity (Wildman–Crippen MR) is 100 cm³/mol. The molecule has 136 valence electrons. The summed E-state index contributed by atoms with van der Waals surface area (Å²) in [5.41, 5.74) is 1.06. The molecule has 0 saturated heterocycles. The van der Waals surface area contributed by atoms with E-state index < -0.39 is 9.84 Å². The van der Waals surface area contributed by atoms with E-state index in [9.17, 15) is 8.42 Å². The van der Waals surface area contributed by atoms with E-state index in [1.807, 2.05) is 45.0 Å². The molecule has 24 heavy (non-hydrogen) atoms. The fourth-order valence-electron chi connectivity index (χ4n) is 1.99. The van der Waals surface area contributed by atoms with E-state index in [-0.39, 0.29) is 11.8 Å². The normalized spacial score (nSPS) is 13.5. The zero-order valence-electron chi connectivity index (χ0n) is 15.2. The van der Waals surface area contributed by atoms with Gasteiger partial charge < -0.3 is 15.5 Å². The van der Waals surface area contributed by atoms with Gasteiger partial charge in [0.25, 0.3) is 0 Å². The van der Waals surface area contributed by atoms with Crippen LogP contribution in [0.15, 0.2) is 23.3 Å². The van der Waals surface area contributed by atoms with Gasteiger partial charge in [0.1, 0.15) is 15.7 Å². The van der Waals surface area contributed by atoms with Crippen molar-refractivity contribution < 1.29 is 8.42 Å². The van der Waals surface area contributed by atoms with E-state index in [2.05, 4.69) is 20.6 Å². The minimum Gasteiger partial charge on any atom is -0.363 e. The van der Waals surface area contributed by atoms with E-state index >= 15 is 0 Å². The maximum atomic E-state index is 11.3. The molecule has 0 fully saturated rings. The third-order valence-electron chi connectivity index (χ3n) is 3.34. The van der Waals surface area contributed by atoms with Gasteiger partial charge in [-0.25, -0.2) is 18.4 Å². The highest BCUT2D eigenvalue weighted by Gasteiger charge is 2.09. The van der Waals surface area contributed by atoms with Crippen LogP contribution in [0.25, 0.3) is 0 Å². The second-order valence-corrected chi connectivity index (χ2v) is 8.34. The van der Waals surface area contributed by atoms with Crippen LogP contribution >= 0.6 is 0 Å². The highest BCUT2D eigenvalue weighted by molar-refractivity contribution is 7.90. The van der Waals surface area contributed by atoms with Gasteiger partial charge in [-0.2, -0.15) is 0 Å². The zero-order valence-corrected chi connectivity index (χ0v) is 16.0. The predicted octanol–water partition coefficient (Wildman–Crippen LogP) is 1.03. The number of anilines is 1. The topological polar surface area (TPSA) is 86.7 Å². The van der Waals surface area contributed by atoms with Gasteiger partial charge in [-0.05, 0) is 38.0 Å². The second-order valence-electron chi connectivity index (χ2n) is 6.08. The number of hydrogen-bond acceptors (Lipinski definition) is 5. The Morgan fingerprint density at radius 3 is 2.71 bits per heavy atom. The molecule has 1 aromatic heterocycles. The molecular formula is C16H29N5O2S. The lowest BCUT2D eigenvalue weighted by Gasteiger charge is -2.17. The van der Waals surface area contributed by atoms with Crippen molar-refractivity contribution in [1.29, 1.82) is 0 Å². The van der Waals surface area contributed by atoms with Crippen molar-refractivity contribution in [2.45, 2.75) is 32.9 Å². The summed E-state index contributed by atoms with van der Waals surface area (Å²) in [5.74, 6) is 1.74. The molecule has 0 amide bonds. The lowest BCUT2D eigenvalue weighted by atomic mass is 10.2. The van der Waals surface area contributed by atoms with Gasteiger partial charge in [0, 0.05) is 39.1 Å². The van der Waals surface area contributed by atoms with Gasteiger partial charge >= 0.3 is 0 Å². The van der Waals surface area contributed by atoms with E-state index in [1.54, 1.807) is 6.20 Å². The molecule has 0 aliphatic heterocycles. The maximum absolute atomic E-state index is 11.3. The third-order valence-corrected chi connectivity index (χ3v) is 4.31. The standard InChI is InChI=1S/C16H29N5O2S/c1-6-17-16(20-13(2)8-10-24(5,22)23)19-12-14-7-9-18-15(11-14)21(3)4/h7,9,11,13H,6,8,10,12H2,1-5H3,(H2,17,19,20). The molecule has 2 N–H and O–H groups in total. The summed E-state index contributed by atoms with van der Waals surface area (Å²) in [6.45, 7) is 5.21. The molecule has 0 spiro atoms. The highest BCUT2D eigenvalue weighted by atomic mass is 32.2. The van der Waals surface area contributed by atoms with Crippen LogP contribution in [0.3, 0.4) is 0 Å². The first-order valence-corrected chi connectivity index (χ1v) is 10.1. The SMILES string of the molecule is CCNC(=NCc1ccnc(N(C)C)c1)NC(C)CCS(C)(=O)=O. The van der Waals surface area contributed by atoms with Gasteiger partial charge in [-0.1, -0.05) is 0 Å². The Labute approximate surface area is 145 Å². The van der Waals surface area contributed by atoms with Gasteiger partial charge in [-0.15, -0.1) is 0 Å². The van der Waals surface area contributed by atoms with Crippen LogP contribution in [0.4, 0.5) is 5.82 Å². The van der Waals surface area contributed by atoms with Crippen LogP contribution in [0.2, 0.25) is 0 Å². The van der Waals surface area contributed by atoms with Crippen molar-refractivity contribution in [1.82, 2.24) is 15.6 Å². The average molecular weight is 356 g/mol. The van der Waals surface area contributed by atoms with Crippen LogP contribution in [0.5, 0.6) is 0 Å². The largest absolute Gasteiger partial charge is 0.363 e. The van der Waals surface area contributed by atoms with E-state index in [4.69, 9.17) is 0 Å². The van der Waals surface area contributed by atoms with Crippen molar-refractivity contribution in [3.63, 3.8) is 0 Å². The maximum Gasteiger partial charge on any atom is 0.191 e. The van der Waals surface area contributed by atoms with Crippen LogP contribution in [0, 0.1) is 0 Å². The molecule has 1 rings (SSSR count). The molecule has 1 atom stereocenters. The molecule has 7 nitrogen and oxygen atoms in total. The summed E-state index contributed by atoms with van der Waals surface area (Å²) in [7, 11) is 0.950. The van der Waals surface area contributed by atoms with E-state index in [0.29, 0.717) is 18.9 Å². The molecule has 1 heterocycles. The van der Waals surface area contributed by atoms with Crippen LogP contribution in [-0.2, 0) is 16.4 Å². The quantitative estimate of drug-likeness (QED) is 0.535. The number of aromatic nitrogens is 1. The average Bonchev–Trinajstić information content (AvgIpc) is 2.50. The van der Waals surface area contributed by atoms with Crippen molar-refractivity contribution >= 4 is 21.6 Å². The number of nitrogens with one attached hydrogen (secondary N) is 2. The number of aliphatic imine (C=N–C) groups is 1. The van der Waals surface area contributed by atoms with Crippen molar-refractivity contribution in [2.75, 3.05) is 37.5 Å². The van der Waals surface area contributed by atoms with Crippen molar-refractivity contribution in [3.8, 4) is 0 Å². The summed E-state index contributed by atoms with van der Waals surface area (Å²) in [4.78, 5) is 10.8. The summed E-state index contributed by atoms with van der Waals surface area (Å²) in [6, 6.07) is 3.96. The lowest BCUT2D eigenvalue weighted by Crippen LogP contribution is -2.42. The van der Waals surface area contributed by atoms with Crippen molar-refractivity contribution in [2.24, 2.45) is 4.99 Å². The number of sulfone groups is 1. The van der Waals surface area contributed by atoms with Gasteiger partial charge in [-0.3, -0.25) is 0 Å². The molecule has 0 aliphatic carbocycles. The van der Waals surface area contributed by atoms with E-state index in [1.165, 1.54) is 6.26 Å². The number of hydrogen-bond donors (Lipinski definition) is 2. The molecule has 1 unspecified atom stereocenters. The van der Waals surface area contributed by atoms with Gasteiger partial charge in [0.2, 0.25) is 0 Å². The van der Waals surface area contributed by atoms with Gasteiger partial charge in [0.05, 0.1) is 12.3 Å². The monoisotopic (exact) mass is 355 g/mol. The first kappa shape index (κ1) is 20.2. The Balaban J connectivity index is 2.69. The minimum absolute atomic E-state index is 0.0206. The number of rotatable bonds is 8. The zero-order chi connectivity index (χ0) is 18.2. The fraction of sp³-hybridized carbons (Fsp3) is 0.625. The lowest BCUT2D eigenvalue weighted by molar-refractivity contribution is 0.581. The van der Waals surface area contributed by atoms with Crippen LogP contribution in [-0.4, -0.2) is 58.1 Å². The smallest absolute Gasteiger partial charge is 0.191 e. The summed E-state index contributed by atoms with van der Waals surface area (Å²) >= 11 is 0. The Kier molecular flexibility index (Phi) is 7.97. The Morgan fingerprint density at radius 1 is 1.42 bits per heavy atom. The molecule has 0 saturated carbocycles. The molecule has 0 radical (unpaired) electrons. The highest BCUT2D eigenvalue weighted by Crippen LogP contribution is 2.10. The summed E-state index contributed by atoms with van der Waals surface area (Å²) in [5, 5.41) is 6.43. The number of guanidine groups is 1. The molecule has 1 aromatic rings. The molecular weight excluding hydrogens is 326 g/mol. The Bertz CT molecular complexity index is 644. The molecule has 8 heteroatoms. The second kappa shape index (κ2) is 9.46. The third kappa shape index (κ3) is 8.14. The first-order valence-electron chi connectivity index (χ1n) is 8.06.